The van der Waals surface area contributed by atoms with Crippen LogP contribution in [0.3, 0.4) is 0 Å². The molecule has 19 heavy (non-hydrogen) atoms. The van der Waals surface area contributed by atoms with Gasteiger partial charge in [-0.2, -0.15) is 13.2 Å². The lowest BCUT2D eigenvalue weighted by molar-refractivity contribution is -0.138. The van der Waals surface area contributed by atoms with E-state index in [1.807, 2.05) is 30.8 Å². The third-order valence-electron chi connectivity index (χ3n) is 3.03. The highest BCUT2D eigenvalue weighted by Crippen LogP contribution is 2.32. The van der Waals surface area contributed by atoms with Crippen molar-refractivity contribution in [2.45, 2.75) is 19.6 Å². The minimum Gasteiger partial charge on any atom is -0.308 e. The third kappa shape index (κ3) is 5.20. The van der Waals surface area contributed by atoms with Crippen molar-refractivity contribution in [3.05, 3.63) is 35.4 Å². The summed E-state index contributed by atoms with van der Waals surface area (Å²) in [6.07, 6.45) is -4.28. The first-order valence-electron chi connectivity index (χ1n) is 6.36. The van der Waals surface area contributed by atoms with Crippen molar-refractivity contribution in [2.75, 3.05) is 33.7 Å². The molecule has 0 aliphatic carbocycles. The van der Waals surface area contributed by atoms with Crippen LogP contribution in [0.1, 0.15) is 18.1 Å². The molecule has 5 heteroatoms. The van der Waals surface area contributed by atoms with E-state index in [2.05, 4.69) is 0 Å². The Morgan fingerprint density at radius 2 is 1.68 bits per heavy atom. The predicted octanol–water partition coefficient (Wildman–Crippen LogP) is 3.09. The quantitative estimate of drug-likeness (QED) is 0.786. The summed E-state index contributed by atoms with van der Waals surface area (Å²) in [6, 6.07) is 5.79. The Morgan fingerprint density at radius 3 is 2.21 bits per heavy atom. The van der Waals surface area contributed by atoms with E-state index >= 15 is 0 Å². The molecule has 0 bridgehead atoms. The van der Waals surface area contributed by atoms with Crippen LogP contribution in [0.25, 0.3) is 0 Å². The fourth-order valence-electron chi connectivity index (χ4n) is 1.87. The molecule has 0 amide bonds. The minimum absolute atomic E-state index is 0.333. The minimum atomic E-state index is -4.28. The lowest BCUT2D eigenvalue weighted by Crippen LogP contribution is -2.31. The molecule has 0 radical (unpaired) electrons. The molecule has 2 nitrogen and oxygen atoms in total. The van der Waals surface area contributed by atoms with Crippen LogP contribution < -0.4 is 0 Å². The first kappa shape index (κ1) is 16.0. The van der Waals surface area contributed by atoms with Crippen LogP contribution in [0.2, 0.25) is 0 Å². The first-order chi connectivity index (χ1) is 8.84. The van der Waals surface area contributed by atoms with E-state index in [1.54, 1.807) is 12.1 Å². The highest BCUT2D eigenvalue weighted by Gasteiger charge is 2.33. The Morgan fingerprint density at radius 1 is 1.05 bits per heavy atom. The number of likely N-dealkylation sites (N-methyl/N-ethyl adjacent to an activating group) is 2. The Bertz CT molecular complexity index is 389. The maximum absolute atomic E-state index is 12.9. The van der Waals surface area contributed by atoms with E-state index in [9.17, 15) is 13.2 Å². The Labute approximate surface area is 112 Å². The number of alkyl halides is 3. The molecule has 0 saturated carbocycles. The molecule has 0 N–H and O–H groups in total. The molecule has 0 unspecified atom stereocenters. The summed E-state index contributed by atoms with van der Waals surface area (Å²) in [6.45, 7) is 4.63. The van der Waals surface area contributed by atoms with Crippen LogP contribution >= 0.6 is 0 Å². The summed E-state index contributed by atoms with van der Waals surface area (Å²) < 4.78 is 38.7. The molecule has 0 atom stereocenters. The zero-order valence-corrected chi connectivity index (χ0v) is 11.7. The van der Waals surface area contributed by atoms with Gasteiger partial charge >= 0.3 is 6.18 Å². The average molecular weight is 274 g/mol. The normalized spacial score (nSPS) is 12.4. The van der Waals surface area contributed by atoms with E-state index in [1.165, 1.54) is 6.07 Å². The van der Waals surface area contributed by atoms with Crippen molar-refractivity contribution < 1.29 is 13.2 Å². The molecule has 108 valence electrons. The van der Waals surface area contributed by atoms with E-state index in [0.717, 1.165) is 25.7 Å². The molecule has 0 aromatic heterocycles. The molecule has 1 rings (SSSR count). The summed E-state index contributed by atoms with van der Waals surface area (Å²) in [5, 5.41) is 0. The summed E-state index contributed by atoms with van der Waals surface area (Å²) in [7, 11) is 3.91. The maximum Gasteiger partial charge on any atom is 0.416 e. The summed E-state index contributed by atoms with van der Waals surface area (Å²) in [5.41, 5.74) is -0.186. The third-order valence-corrected chi connectivity index (χ3v) is 3.03. The number of hydrogen-bond donors (Lipinski definition) is 0. The van der Waals surface area contributed by atoms with Gasteiger partial charge in [0.2, 0.25) is 0 Å². The number of hydrogen-bond acceptors (Lipinski definition) is 2. The predicted molar refractivity (Wildman–Crippen MR) is 70.9 cm³/mol. The van der Waals surface area contributed by atoms with Gasteiger partial charge in [0.25, 0.3) is 0 Å². The number of rotatable bonds is 6. The van der Waals surface area contributed by atoms with Gasteiger partial charge in [-0.3, -0.25) is 4.90 Å². The standard InChI is InChI=1S/C14H21F3N2/c1-4-19(10-9-18(2)3)11-12-7-5-6-8-13(12)14(15,16)17/h5-8H,4,9-11H2,1-3H3. The second kappa shape index (κ2) is 6.91. The fourth-order valence-corrected chi connectivity index (χ4v) is 1.87. The molecule has 0 saturated heterocycles. The van der Waals surface area contributed by atoms with Crippen LogP contribution in [-0.4, -0.2) is 43.5 Å². The van der Waals surface area contributed by atoms with Crippen molar-refractivity contribution in [1.82, 2.24) is 9.80 Å². The molecule has 1 aromatic rings. The fraction of sp³-hybridized carbons (Fsp3) is 0.571. The second-order valence-electron chi connectivity index (χ2n) is 4.83. The molecule has 0 aliphatic heterocycles. The van der Waals surface area contributed by atoms with Crippen molar-refractivity contribution in [2.24, 2.45) is 0 Å². The lowest BCUT2D eigenvalue weighted by Gasteiger charge is -2.24. The van der Waals surface area contributed by atoms with Crippen molar-refractivity contribution in [1.29, 1.82) is 0 Å². The van der Waals surface area contributed by atoms with Gasteiger partial charge in [-0.1, -0.05) is 25.1 Å². The molecule has 0 spiro atoms. The molecule has 1 aromatic carbocycles. The van der Waals surface area contributed by atoms with Gasteiger partial charge in [-0.05, 0) is 32.3 Å². The van der Waals surface area contributed by atoms with Gasteiger partial charge in [0, 0.05) is 19.6 Å². The van der Waals surface area contributed by atoms with Gasteiger partial charge < -0.3 is 4.90 Å². The average Bonchev–Trinajstić information content (AvgIpc) is 2.33. The Hall–Kier alpha value is -1.07. The van der Waals surface area contributed by atoms with Crippen LogP contribution in [0.15, 0.2) is 24.3 Å². The highest BCUT2D eigenvalue weighted by atomic mass is 19.4. The van der Waals surface area contributed by atoms with Crippen LogP contribution in [0.4, 0.5) is 13.2 Å². The van der Waals surface area contributed by atoms with Gasteiger partial charge in [0.15, 0.2) is 0 Å². The number of halogens is 3. The van der Waals surface area contributed by atoms with E-state index in [0.29, 0.717) is 12.1 Å². The number of nitrogens with zero attached hydrogens (tertiary/aromatic N) is 2. The SMILES string of the molecule is CCN(CCN(C)C)Cc1ccccc1C(F)(F)F. The summed E-state index contributed by atoms with van der Waals surface area (Å²) in [4.78, 5) is 4.04. The zero-order chi connectivity index (χ0) is 14.5. The lowest BCUT2D eigenvalue weighted by atomic mass is 10.1. The van der Waals surface area contributed by atoms with E-state index in [-0.39, 0.29) is 0 Å². The summed E-state index contributed by atoms with van der Waals surface area (Å²) in [5.74, 6) is 0. The van der Waals surface area contributed by atoms with Crippen LogP contribution in [-0.2, 0) is 12.7 Å². The zero-order valence-electron chi connectivity index (χ0n) is 11.7. The molecular weight excluding hydrogens is 253 g/mol. The summed E-state index contributed by atoms with van der Waals surface area (Å²) >= 11 is 0. The van der Waals surface area contributed by atoms with Gasteiger partial charge in [0.1, 0.15) is 0 Å². The van der Waals surface area contributed by atoms with E-state index in [4.69, 9.17) is 0 Å². The van der Waals surface area contributed by atoms with Crippen molar-refractivity contribution >= 4 is 0 Å². The molecular formula is C14H21F3N2. The van der Waals surface area contributed by atoms with Gasteiger partial charge in [-0.15, -0.1) is 0 Å². The van der Waals surface area contributed by atoms with Gasteiger partial charge in [0.05, 0.1) is 5.56 Å². The molecule has 0 heterocycles. The second-order valence-corrected chi connectivity index (χ2v) is 4.83. The Kier molecular flexibility index (Phi) is 5.82. The largest absolute Gasteiger partial charge is 0.416 e. The number of benzene rings is 1. The molecule has 0 aliphatic rings. The van der Waals surface area contributed by atoms with Crippen LogP contribution in [0, 0.1) is 0 Å². The van der Waals surface area contributed by atoms with Gasteiger partial charge in [-0.25, -0.2) is 0 Å². The smallest absolute Gasteiger partial charge is 0.308 e. The Balaban J connectivity index is 2.80. The maximum atomic E-state index is 12.9. The van der Waals surface area contributed by atoms with E-state index < -0.39 is 11.7 Å². The molecule has 0 fully saturated rings. The topological polar surface area (TPSA) is 6.48 Å². The van der Waals surface area contributed by atoms with Crippen LogP contribution in [0.5, 0.6) is 0 Å². The first-order valence-corrected chi connectivity index (χ1v) is 6.36. The highest BCUT2D eigenvalue weighted by molar-refractivity contribution is 5.29. The van der Waals surface area contributed by atoms with Crippen molar-refractivity contribution in [3.8, 4) is 0 Å². The monoisotopic (exact) mass is 274 g/mol. The van der Waals surface area contributed by atoms with Crippen molar-refractivity contribution in [3.63, 3.8) is 0 Å².